The zero-order chi connectivity index (χ0) is 43.3. The van der Waals surface area contributed by atoms with Gasteiger partial charge in [-0.15, -0.1) is 0 Å². The van der Waals surface area contributed by atoms with Crippen LogP contribution in [0.5, 0.6) is 0 Å². The van der Waals surface area contributed by atoms with E-state index in [4.69, 9.17) is 0 Å². The zero-order valence-corrected chi connectivity index (χ0v) is 36.8. The molecule has 0 aliphatic carbocycles. The number of anilines is 6. The van der Waals surface area contributed by atoms with Crippen molar-refractivity contribution in [2.24, 2.45) is 0 Å². The van der Waals surface area contributed by atoms with Crippen molar-refractivity contribution in [3.05, 3.63) is 262 Å². The Morgan fingerprint density at radius 2 is 0.635 bits per heavy atom. The average molecular weight is 813 g/mol. The topological polar surface area (TPSA) is 6.48 Å². The van der Waals surface area contributed by atoms with Gasteiger partial charge in [-0.1, -0.05) is 187 Å². The number of rotatable bonds is 11. The van der Waals surface area contributed by atoms with Crippen LogP contribution >= 0.6 is 0 Å². The Bertz CT molecular complexity index is 2990. The monoisotopic (exact) mass is 812 g/mol. The SMILES string of the molecule is Cc1ccc(C=Cc2ccc(N(c3ccccc3)c3c(C)c(C)c(N(c4ccccc4)c4ccc(C=C(c5ccc(C)cc5)c5ccc(C)cc5)cc4)c4ccccc34)cc2)cc1. The first-order chi connectivity index (χ1) is 30.8. The van der Waals surface area contributed by atoms with Crippen molar-refractivity contribution >= 4 is 68.7 Å². The van der Waals surface area contributed by atoms with Gasteiger partial charge in [-0.2, -0.15) is 0 Å². The van der Waals surface area contributed by atoms with Crippen LogP contribution in [0.15, 0.2) is 206 Å². The molecule has 63 heavy (non-hydrogen) atoms. The Labute approximate surface area is 373 Å². The van der Waals surface area contributed by atoms with E-state index in [-0.39, 0.29) is 0 Å². The molecule has 2 heteroatoms. The van der Waals surface area contributed by atoms with Gasteiger partial charge in [0, 0.05) is 33.5 Å². The summed E-state index contributed by atoms with van der Waals surface area (Å²) < 4.78 is 0. The fourth-order valence-corrected chi connectivity index (χ4v) is 8.49. The molecule has 0 bridgehead atoms. The minimum atomic E-state index is 1.10. The number of para-hydroxylation sites is 2. The first kappa shape index (κ1) is 40.7. The molecule has 0 saturated heterocycles. The first-order valence-corrected chi connectivity index (χ1v) is 21.8. The van der Waals surface area contributed by atoms with E-state index in [2.05, 4.69) is 269 Å². The summed E-state index contributed by atoms with van der Waals surface area (Å²) in [6, 6.07) is 74.7. The van der Waals surface area contributed by atoms with Gasteiger partial charge in [0.25, 0.3) is 0 Å². The fourth-order valence-electron chi connectivity index (χ4n) is 8.49. The highest BCUT2D eigenvalue weighted by molar-refractivity contribution is 6.10. The maximum atomic E-state index is 2.44. The lowest BCUT2D eigenvalue weighted by Gasteiger charge is -2.34. The molecule has 0 unspecified atom stereocenters. The van der Waals surface area contributed by atoms with Gasteiger partial charge < -0.3 is 9.80 Å². The second-order valence-electron chi connectivity index (χ2n) is 16.6. The molecule has 0 N–H and O–H groups in total. The fraction of sp³-hybridized carbons (Fsp3) is 0.0820. The first-order valence-electron chi connectivity index (χ1n) is 21.8. The van der Waals surface area contributed by atoms with Crippen molar-refractivity contribution in [1.29, 1.82) is 0 Å². The van der Waals surface area contributed by atoms with Gasteiger partial charge in [0.05, 0.1) is 11.4 Å². The van der Waals surface area contributed by atoms with E-state index in [0.717, 1.165) is 33.9 Å². The molecule has 0 aliphatic rings. The van der Waals surface area contributed by atoms with Crippen LogP contribution in [-0.4, -0.2) is 0 Å². The molecular formula is C61H52N2. The van der Waals surface area contributed by atoms with Crippen LogP contribution in [0.25, 0.3) is 34.6 Å². The number of fused-ring (bicyclic) bond motifs is 1. The van der Waals surface area contributed by atoms with Crippen LogP contribution in [0.2, 0.25) is 0 Å². The van der Waals surface area contributed by atoms with Gasteiger partial charge in [0.2, 0.25) is 0 Å². The van der Waals surface area contributed by atoms with E-state index in [0.29, 0.717) is 0 Å². The van der Waals surface area contributed by atoms with Crippen molar-refractivity contribution in [3.8, 4) is 0 Å². The molecule has 0 saturated carbocycles. The maximum Gasteiger partial charge on any atom is 0.0573 e. The van der Waals surface area contributed by atoms with E-state index >= 15 is 0 Å². The molecule has 0 spiro atoms. The Balaban J connectivity index is 1.16. The predicted octanol–water partition coefficient (Wildman–Crippen LogP) is 17.1. The lowest BCUT2D eigenvalue weighted by atomic mass is 9.93. The lowest BCUT2D eigenvalue weighted by molar-refractivity contribution is 1.21. The summed E-state index contributed by atoms with van der Waals surface area (Å²) in [6.07, 6.45) is 6.69. The third kappa shape index (κ3) is 8.76. The molecule has 9 aromatic carbocycles. The number of hydrogen-bond donors (Lipinski definition) is 0. The van der Waals surface area contributed by atoms with Gasteiger partial charge in [0.1, 0.15) is 0 Å². The van der Waals surface area contributed by atoms with Crippen molar-refractivity contribution < 1.29 is 0 Å². The smallest absolute Gasteiger partial charge is 0.0573 e. The van der Waals surface area contributed by atoms with E-state index in [1.165, 1.54) is 72.2 Å². The van der Waals surface area contributed by atoms with Crippen molar-refractivity contribution in [1.82, 2.24) is 0 Å². The van der Waals surface area contributed by atoms with Crippen LogP contribution in [0.4, 0.5) is 34.1 Å². The van der Waals surface area contributed by atoms with Crippen LogP contribution in [0.3, 0.4) is 0 Å². The second-order valence-corrected chi connectivity index (χ2v) is 16.6. The molecule has 0 fully saturated rings. The van der Waals surface area contributed by atoms with Crippen LogP contribution in [0, 0.1) is 34.6 Å². The summed E-state index contributed by atoms with van der Waals surface area (Å²) in [6.45, 7) is 11.0. The molecule has 2 nitrogen and oxygen atoms in total. The normalized spacial score (nSPS) is 11.2. The molecular weight excluding hydrogens is 761 g/mol. The third-order valence-electron chi connectivity index (χ3n) is 12.1. The quantitative estimate of drug-likeness (QED) is 0.120. The van der Waals surface area contributed by atoms with Crippen molar-refractivity contribution in [3.63, 3.8) is 0 Å². The Morgan fingerprint density at radius 3 is 1.03 bits per heavy atom. The molecule has 0 amide bonds. The summed E-state index contributed by atoms with van der Waals surface area (Å²) in [7, 11) is 0. The molecule has 0 aliphatic heterocycles. The summed E-state index contributed by atoms with van der Waals surface area (Å²) in [5, 5.41) is 2.37. The highest BCUT2D eigenvalue weighted by Gasteiger charge is 2.25. The number of benzene rings is 9. The van der Waals surface area contributed by atoms with Crippen LogP contribution in [-0.2, 0) is 0 Å². The predicted molar refractivity (Wildman–Crippen MR) is 272 cm³/mol. The van der Waals surface area contributed by atoms with E-state index in [9.17, 15) is 0 Å². The summed E-state index contributed by atoms with van der Waals surface area (Å²) in [5.74, 6) is 0. The van der Waals surface area contributed by atoms with Crippen LogP contribution < -0.4 is 9.80 Å². The number of hydrogen-bond acceptors (Lipinski definition) is 2. The largest absolute Gasteiger partial charge is 0.310 e. The highest BCUT2D eigenvalue weighted by atomic mass is 15.2. The van der Waals surface area contributed by atoms with Gasteiger partial charge in [0.15, 0.2) is 0 Å². The molecule has 9 aromatic rings. The molecule has 0 radical (unpaired) electrons. The maximum absolute atomic E-state index is 2.44. The highest BCUT2D eigenvalue weighted by Crippen LogP contribution is 2.49. The van der Waals surface area contributed by atoms with Crippen molar-refractivity contribution in [2.75, 3.05) is 9.80 Å². The standard InChI is InChI=1S/C61H52N2/c1-43-20-26-48(27-21-43)28-29-49-30-38-55(39-31-49)62(53-14-8-6-9-15-53)60-46(4)47(5)61(58-19-13-12-18-57(58)60)63(54-16-10-7-11-17-54)56-40-32-50(33-41-56)42-59(51-34-22-44(2)23-35-51)52-36-24-45(3)25-37-52/h6-42H,1-5H3. The summed E-state index contributed by atoms with van der Waals surface area (Å²) in [5.41, 5.74) is 20.1. The third-order valence-corrected chi connectivity index (χ3v) is 12.1. The lowest BCUT2D eigenvalue weighted by Crippen LogP contribution is -2.16. The van der Waals surface area contributed by atoms with E-state index in [1.807, 2.05) is 0 Å². The van der Waals surface area contributed by atoms with E-state index < -0.39 is 0 Å². The molecule has 9 rings (SSSR count). The minimum absolute atomic E-state index is 1.10. The minimum Gasteiger partial charge on any atom is -0.310 e. The van der Waals surface area contributed by atoms with Gasteiger partial charge in [-0.3, -0.25) is 0 Å². The summed E-state index contributed by atoms with van der Waals surface area (Å²) in [4.78, 5) is 4.86. The number of aryl methyl sites for hydroxylation is 3. The van der Waals surface area contributed by atoms with Crippen LogP contribution in [0.1, 0.15) is 55.6 Å². The Hall–Kier alpha value is -7.68. The van der Waals surface area contributed by atoms with Crippen molar-refractivity contribution in [2.45, 2.75) is 34.6 Å². The Kier molecular flexibility index (Phi) is 11.7. The van der Waals surface area contributed by atoms with Gasteiger partial charge >= 0.3 is 0 Å². The number of nitrogens with zero attached hydrogens (tertiary/aromatic N) is 2. The van der Waals surface area contributed by atoms with Gasteiger partial charge in [-0.05, 0) is 134 Å². The second kappa shape index (κ2) is 18.1. The molecule has 0 atom stereocenters. The van der Waals surface area contributed by atoms with E-state index in [1.54, 1.807) is 0 Å². The zero-order valence-electron chi connectivity index (χ0n) is 36.8. The molecule has 0 heterocycles. The Morgan fingerprint density at radius 1 is 0.317 bits per heavy atom. The average Bonchev–Trinajstić information content (AvgIpc) is 3.32. The molecule has 306 valence electrons. The summed E-state index contributed by atoms with van der Waals surface area (Å²) >= 11 is 0. The molecule has 0 aromatic heterocycles. The van der Waals surface area contributed by atoms with Gasteiger partial charge in [-0.25, -0.2) is 0 Å².